The maximum Gasteiger partial charge on any atom is 0.285 e. The fourth-order valence-electron chi connectivity index (χ4n) is 3.00. The summed E-state index contributed by atoms with van der Waals surface area (Å²) in [7, 11) is -4.01. The number of anilines is 2. The van der Waals surface area contributed by atoms with E-state index in [1.165, 1.54) is 12.1 Å². The summed E-state index contributed by atoms with van der Waals surface area (Å²) in [5.41, 5.74) is 0.382. The van der Waals surface area contributed by atoms with Crippen LogP contribution in [0.5, 0.6) is 0 Å². The summed E-state index contributed by atoms with van der Waals surface area (Å²) in [6.07, 6.45) is 0.222. The molecule has 2 amide bonds. The smallest absolute Gasteiger partial charge is 0.285 e. The van der Waals surface area contributed by atoms with Gasteiger partial charge in [-0.1, -0.05) is 18.2 Å². The lowest BCUT2D eigenvalue weighted by molar-refractivity contribution is -0.121. The minimum absolute atomic E-state index is 0.111. The van der Waals surface area contributed by atoms with Crippen molar-refractivity contribution >= 4 is 39.0 Å². The lowest BCUT2D eigenvalue weighted by atomic mass is 10.1. The molecule has 2 aromatic rings. The summed E-state index contributed by atoms with van der Waals surface area (Å²) in [5.74, 6) is -1.63. The number of fused-ring (bicyclic) bond motifs is 1. The van der Waals surface area contributed by atoms with Crippen LogP contribution in [-0.4, -0.2) is 26.1 Å². The van der Waals surface area contributed by atoms with E-state index >= 15 is 0 Å². The Morgan fingerprint density at radius 2 is 1.69 bits per heavy atom. The van der Waals surface area contributed by atoms with Crippen molar-refractivity contribution in [1.29, 1.82) is 0 Å². The van der Waals surface area contributed by atoms with Gasteiger partial charge in [0.05, 0.1) is 16.9 Å². The molecule has 1 N–H and O–H groups in total. The maximum absolute atomic E-state index is 14.2. The maximum atomic E-state index is 14.2. The van der Waals surface area contributed by atoms with Crippen LogP contribution in [0.4, 0.5) is 15.8 Å². The molecular formula is C17H12FN3O4S. The summed E-state index contributed by atoms with van der Waals surface area (Å²) in [6, 6.07) is 10.1. The van der Waals surface area contributed by atoms with Crippen molar-refractivity contribution in [3.63, 3.8) is 0 Å². The van der Waals surface area contributed by atoms with E-state index < -0.39 is 15.8 Å². The number of nitrogens with zero attached hydrogens (tertiary/aromatic N) is 2. The monoisotopic (exact) mass is 373 g/mol. The summed E-state index contributed by atoms with van der Waals surface area (Å²) < 4.78 is 42.1. The first-order valence-electron chi connectivity index (χ1n) is 7.74. The van der Waals surface area contributed by atoms with Gasteiger partial charge in [-0.2, -0.15) is 8.42 Å². The number of hydrogen-bond acceptors (Lipinski definition) is 5. The largest absolute Gasteiger partial charge is 0.337 e. The van der Waals surface area contributed by atoms with Gasteiger partial charge in [0.15, 0.2) is 5.84 Å². The normalized spacial score (nSPS) is 18.0. The van der Waals surface area contributed by atoms with E-state index in [0.717, 1.165) is 11.0 Å². The second kappa shape index (κ2) is 5.73. The third-order valence-corrected chi connectivity index (χ3v) is 5.47. The van der Waals surface area contributed by atoms with E-state index in [4.69, 9.17) is 0 Å². The van der Waals surface area contributed by atoms with E-state index in [0.29, 0.717) is 0 Å². The Morgan fingerprint density at radius 3 is 2.42 bits per heavy atom. The number of amidine groups is 1. The number of benzene rings is 2. The Bertz CT molecular complexity index is 1080. The van der Waals surface area contributed by atoms with Gasteiger partial charge in [0.25, 0.3) is 10.0 Å². The van der Waals surface area contributed by atoms with Gasteiger partial charge in [0.1, 0.15) is 10.7 Å². The Kier molecular flexibility index (Phi) is 3.62. The van der Waals surface area contributed by atoms with Crippen molar-refractivity contribution < 1.29 is 22.4 Å². The molecule has 0 aromatic heterocycles. The number of halogens is 1. The molecule has 1 fully saturated rings. The molecule has 2 aliphatic rings. The van der Waals surface area contributed by atoms with Gasteiger partial charge >= 0.3 is 0 Å². The first-order chi connectivity index (χ1) is 12.4. The molecule has 2 heterocycles. The van der Waals surface area contributed by atoms with Crippen molar-refractivity contribution in [3.05, 3.63) is 53.8 Å². The van der Waals surface area contributed by atoms with Crippen molar-refractivity contribution in [2.45, 2.75) is 17.7 Å². The number of amides is 2. The third-order valence-electron chi connectivity index (χ3n) is 4.15. The molecule has 132 valence electrons. The van der Waals surface area contributed by atoms with Gasteiger partial charge in [-0.05, 0) is 24.3 Å². The SMILES string of the molecule is O=C1CCC(=O)N1c1ccccc1NC1=NS(=O)(=O)c2cccc(F)c21. The molecule has 0 unspecified atom stereocenters. The topological polar surface area (TPSA) is 95.9 Å². The highest BCUT2D eigenvalue weighted by Crippen LogP contribution is 2.33. The molecule has 0 atom stereocenters. The number of imide groups is 1. The second-order valence-electron chi connectivity index (χ2n) is 5.79. The predicted octanol–water partition coefficient (Wildman–Crippen LogP) is 2.04. The van der Waals surface area contributed by atoms with Gasteiger partial charge in [-0.15, -0.1) is 4.40 Å². The van der Waals surface area contributed by atoms with Crippen LogP contribution in [0.15, 0.2) is 51.8 Å². The van der Waals surface area contributed by atoms with E-state index in [9.17, 15) is 22.4 Å². The molecule has 0 saturated carbocycles. The lowest BCUT2D eigenvalue weighted by Gasteiger charge is -2.19. The molecule has 0 spiro atoms. The van der Waals surface area contributed by atoms with E-state index in [1.54, 1.807) is 24.3 Å². The van der Waals surface area contributed by atoms with E-state index in [-0.39, 0.29) is 52.3 Å². The molecule has 26 heavy (non-hydrogen) atoms. The number of hydrogen-bond donors (Lipinski definition) is 1. The number of sulfonamides is 1. The average Bonchev–Trinajstić information content (AvgIpc) is 3.06. The molecule has 2 aliphatic heterocycles. The van der Waals surface area contributed by atoms with Crippen LogP contribution < -0.4 is 10.2 Å². The number of carbonyl (C=O) groups excluding carboxylic acids is 2. The molecule has 9 heteroatoms. The summed E-state index contributed by atoms with van der Waals surface area (Å²) >= 11 is 0. The van der Waals surface area contributed by atoms with Crippen LogP contribution >= 0.6 is 0 Å². The summed E-state index contributed by atoms with van der Waals surface area (Å²) in [5, 5.41) is 2.76. The van der Waals surface area contributed by atoms with Gasteiger partial charge in [0, 0.05) is 12.8 Å². The molecule has 0 aliphatic carbocycles. The Balaban J connectivity index is 1.79. The van der Waals surface area contributed by atoms with E-state index in [2.05, 4.69) is 9.71 Å². The van der Waals surface area contributed by atoms with Crippen LogP contribution in [0.2, 0.25) is 0 Å². The molecule has 7 nitrogen and oxygen atoms in total. The minimum atomic E-state index is -4.01. The quantitative estimate of drug-likeness (QED) is 0.813. The number of para-hydroxylation sites is 2. The second-order valence-corrected chi connectivity index (χ2v) is 7.37. The minimum Gasteiger partial charge on any atom is -0.337 e. The van der Waals surface area contributed by atoms with Crippen molar-refractivity contribution in [3.8, 4) is 0 Å². The lowest BCUT2D eigenvalue weighted by Crippen LogP contribution is -2.29. The molecular weight excluding hydrogens is 361 g/mol. The first kappa shape index (κ1) is 16.4. The zero-order chi connectivity index (χ0) is 18.5. The van der Waals surface area contributed by atoms with Crippen LogP contribution in [0.25, 0.3) is 0 Å². The Hall–Kier alpha value is -3.07. The number of nitrogens with one attached hydrogen (secondary N) is 1. The highest BCUT2D eigenvalue weighted by molar-refractivity contribution is 7.90. The van der Waals surface area contributed by atoms with Crippen molar-refractivity contribution in [1.82, 2.24) is 0 Å². The van der Waals surface area contributed by atoms with Gasteiger partial charge in [0.2, 0.25) is 11.8 Å². The Labute approximate surface area is 148 Å². The highest BCUT2D eigenvalue weighted by atomic mass is 32.2. The van der Waals surface area contributed by atoms with Gasteiger partial charge < -0.3 is 5.32 Å². The summed E-state index contributed by atoms with van der Waals surface area (Å²) in [6.45, 7) is 0. The number of carbonyl (C=O) groups is 2. The predicted molar refractivity (Wildman–Crippen MR) is 91.9 cm³/mol. The van der Waals surface area contributed by atoms with Gasteiger partial charge in [-0.3, -0.25) is 9.59 Å². The fourth-order valence-corrected chi connectivity index (χ4v) is 4.17. The molecule has 0 radical (unpaired) electrons. The third kappa shape index (κ3) is 2.48. The van der Waals surface area contributed by atoms with Gasteiger partial charge in [-0.25, -0.2) is 9.29 Å². The molecule has 2 aromatic carbocycles. The van der Waals surface area contributed by atoms with Crippen LogP contribution in [-0.2, 0) is 19.6 Å². The summed E-state index contributed by atoms with van der Waals surface area (Å²) in [4.78, 5) is 24.8. The first-order valence-corrected chi connectivity index (χ1v) is 9.18. The molecule has 1 saturated heterocycles. The van der Waals surface area contributed by atoms with Crippen LogP contribution in [0, 0.1) is 5.82 Å². The highest BCUT2D eigenvalue weighted by Gasteiger charge is 2.34. The van der Waals surface area contributed by atoms with E-state index in [1.807, 2.05) is 0 Å². The molecule has 4 rings (SSSR count). The van der Waals surface area contributed by atoms with Crippen molar-refractivity contribution in [2.24, 2.45) is 4.40 Å². The fraction of sp³-hybridized carbons (Fsp3) is 0.118. The standard InChI is InChI=1S/C17H12FN3O4S/c18-10-4-3-7-13-16(10)17(20-26(13,24)25)19-11-5-1-2-6-12(11)21-14(22)8-9-15(21)23/h1-7H,8-9H2,(H,19,20). The average molecular weight is 373 g/mol. The Morgan fingerprint density at radius 1 is 1.00 bits per heavy atom. The zero-order valence-electron chi connectivity index (χ0n) is 13.3. The van der Waals surface area contributed by atoms with Crippen LogP contribution in [0.3, 0.4) is 0 Å². The molecule has 0 bridgehead atoms. The van der Waals surface area contributed by atoms with Crippen molar-refractivity contribution in [2.75, 3.05) is 10.2 Å². The van der Waals surface area contributed by atoms with Crippen LogP contribution in [0.1, 0.15) is 18.4 Å². The zero-order valence-corrected chi connectivity index (χ0v) is 14.1. The number of rotatable bonds is 2.